The van der Waals surface area contributed by atoms with Crippen molar-refractivity contribution in [3.63, 3.8) is 0 Å². The predicted octanol–water partition coefficient (Wildman–Crippen LogP) is 4.28. The van der Waals surface area contributed by atoms with Gasteiger partial charge in [0.05, 0.1) is 43.1 Å². The fraction of sp³-hybridized carbons (Fsp3) is 0.533. The van der Waals surface area contributed by atoms with Crippen LogP contribution in [0.2, 0.25) is 0 Å². The van der Waals surface area contributed by atoms with E-state index in [-0.39, 0.29) is 48.5 Å². The van der Waals surface area contributed by atoms with Gasteiger partial charge in [-0.05, 0) is 68.7 Å². The lowest BCUT2D eigenvalue weighted by Gasteiger charge is -2.46. The Morgan fingerprint density at radius 3 is 2.59 bits per heavy atom. The van der Waals surface area contributed by atoms with Crippen LogP contribution in [-0.4, -0.2) is 137 Å². The van der Waals surface area contributed by atoms with Crippen LogP contribution in [0.4, 0.5) is 20.4 Å². The van der Waals surface area contributed by atoms with Crippen molar-refractivity contribution in [2.24, 2.45) is 5.92 Å². The van der Waals surface area contributed by atoms with Gasteiger partial charge in [-0.2, -0.15) is 0 Å². The lowest BCUT2D eigenvalue weighted by Crippen LogP contribution is -2.58. The largest absolute Gasteiger partial charge is 0.489 e. The number of hydrogen-bond acceptors (Lipinski definition) is 11. The maximum Gasteiger partial charge on any atom is 0.255 e. The van der Waals surface area contributed by atoms with E-state index in [0.29, 0.717) is 43.4 Å². The lowest BCUT2D eigenvalue weighted by molar-refractivity contribution is -0.136. The summed E-state index contributed by atoms with van der Waals surface area (Å²) in [6.07, 6.45) is 5.25. The number of piperazine rings is 1. The number of carbonyl (C=O) groups excluding carboxylic acids is 3. The number of nitrogens with one attached hydrogen (secondary N) is 2. The van der Waals surface area contributed by atoms with Crippen LogP contribution < -0.4 is 19.9 Å². The molecule has 2 N–H and O–H groups in total. The topological polar surface area (TPSA) is 139 Å². The smallest absolute Gasteiger partial charge is 0.255 e. The molecule has 0 aliphatic carbocycles. The number of H-pyrrole nitrogens is 1. The summed E-state index contributed by atoms with van der Waals surface area (Å²) in [7, 11) is 0. The third-order valence-electron chi connectivity index (χ3n) is 14.5. The Hall–Kier alpha value is -5.19. The van der Waals surface area contributed by atoms with Gasteiger partial charge in [-0.3, -0.25) is 29.5 Å². The molecule has 3 amide bonds. The number of alkyl halides is 2. The molecule has 11 rings (SSSR count). The minimum absolute atomic E-state index is 0.0690. The Morgan fingerprint density at radius 1 is 0.967 bits per heavy atom. The maximum absolute atomic E-state index is 13.9. The fourth-order valence-corrected chi connectivity index (χ4v) is 11.5. The van der Waals surface area contributed by atoms with E-state index in [2.05, 4.69) is 31.1 Å². The summed E-state index contributed by atoms with van der Waals surface area (Å²) in [5, 5.41) is 3.52. The standard InChI is InChI=1S/C45H51F2N9O5/c1-26-16-32-30-4-2-3-5-34(30)50-39(32)40(55(26)23-37(46)47)28-18-48-44(49-19-28)53-12-10-45(11-13-53)17-27(24-61-45)20-52-14-15-54-29(21-52)25-60-41-33-22-56(36-8-9-38(57)51-42(36)58)43(59)31(33)6-7-35(41)54/h2-7,18-19,26-27,29,36-37,40,50H,8-17,20-25H2,1H3,(H,51,57,58)/t26-,27-,29-,36+,40-/m0/s1. The van der Waals surface area contributed by atoms with Crippen LogP contribution in [0.3, 0.4) is 0 Å². The first-order valence-electron chi connectivity index (χ1n) is 21.9. The number of aromatic nitrogens is 3. The fourth-order valence-electron chi connectivity index (χ4n) is 11.5. The molecule has 4 fully saturated rings. The highest BCUT2D eigenvalue weighted by atomic mass is 19.3. The number of benzene rings is 2. The van der Waals surface area contributed by atoms with Gasteiger partial charge < -0.3 is 29.2 Å². The Morgan fingerprint density at radius 2 is 1.79 bits per heavy atom. The minimum Gasteiger partial charge on any atom is -0.489 e. The number of rotatable bonds is 7. The highest BCUT2D eigenvalue weighted by Crippen LogP contribution is 2.45. The van der Waals surface area contributed by atoms with Crippen LogP contribution in [-0.2, 0) is 27.3 Å². The van der Waals surface area contributed by atoms with Gasteiger partial charge in [0.2, 0.25) is 17.8 Å². The number of fused-ring (bicyclic) bond motifs is 8. The number of amides is 3. The molecule has 5 atom stereocenters. The summed E-state index contributed by atoms with van der Waals surface area (Å²) in [5.41, 5.74) is 6.20. The van der Waals surface area contributed by atoms with E-state index < -0.39 is 18.4 Å². The average molecular weight is 836 g/mol. The van der Waals surface area contributed by atoms with Crippen molar-refractivity contribution >= 4 is 40.3 Å². The predicted molar refractivity (Wildman–Crippen MR) is 222 cm³/mol. The van der Waals surface area contributed by atoms with E-state index in [0.717, 1.165) is 104 Å². The number of imide groups is 1. The van der Waals surface area contributed by atoms with Crippen molar-refractivity contribution in [2.75, 3.05) is 68.8 Å². The summed E-state index contributed by atoms with van der Waals surface area (Å²) < 4.78 is 40.9. The number of ether oxygens (including phenoxy) is 2. The van der Waals surface area contributed by atoms with Gasteiger partial charge in [0.1, 0.15) is 18.4 Å². The molecule has 0 saturated carbocycles. The molecule has 0 bridgehead atoms. The maximum atomic E-state index is 13.9. The van der Waals surface area contributed by atoms with Crippen molar-refractivity contribution in [1.82, 2.24) is 35.0 Å². The number of halogens is 2. The molecule has 7 aliphatic rings. The molecule has 61 heavy (non-hydrogen) atoms. The zero-order valence-electron chi connectivity index (χ0n) is 34.3. The van der Waals surface area contributed by atoms with Crippen LogP contribution in [0.1, 0.15) is 77.8 Å². The number of anilines is 2. The van der Waals surface area contributed by atoms with Crippen LogP contribution in [0.25, 0.3) is 10.9 Å². The molecular formula is C45H51F2N9O5. The first kappa shape index (κ1) is 38.7. The van der Waals surface area contributed by atoms with E-state index in [4.69, 9.17) is 19.4 Å². The zero-order chi connectivity index (χ0) is 41.6. The molecule has 4 saturated heterocycles. The van der Waals surface area contributed by atoms with Crippen LogP contribution in [0.15, 0.2) is 48.8 Å². The van der Waals surface area contributed by atoms with Gasteiger partial charge in [0.15, 0.2) is 0 Å². The quantitative estimate of drug-likeness (QED) is 0.258. The molecular weight excluding hydrogens is 785 g/mol. The molecule has 16 heteroatoms. The molecule has 9 heterocycles. The summed E-state index contributed by atoms with van der Waals surface area (Å²) in [6.45, 7) is 8.45. The molecule has 7 aliphatic heterocycles. The zero-order valence-corrected chi connectivity index (χ0v) is 34.3. The van der Waals surface area contributed by atoms with E-state index >= 15 is 0 Å². The summed E-state index contributed by atoms with van der Waals surface area (Å²) in [5.74, 6) is 0.930. The second kappa shape index (κ2) is 15.0. The first-order valence-corrected chi connectivity index (χ1v) is 21.9. The highest BCUT2D eigenvalue weighted by Gasteiger charge is 2.46. The third-order valence-corrected chi connectivity index (χ3v) is 14.5. The van der Waals surface area contributed by atoms with Gasteiger partial charge in [-0.25, -0.2) is 18.7 Å². The Bertz CT molecular complexity index is 2390. The molecule has 14 nitrogen and oxygen atoms in total. The summed E-state index contributed by atoms with van der Waals surface area (Å²) in [4.78, 5) is 61.6. The molecule has 0 unspecified atom stereocenters. The number of carbonyl (C=O) groups is 3. The molecule has 2 aromatic heterocycles. The van der Waals surface area contributed by atoms with E-state index in [1.807, 2.05) is 54.5 Å². The van der Waals surface area contributed by atoms with Gasteiger partial charge in [0, 0.05) is 97.4 Å². The second-order valence-electron chi connectivity index (χ2n) is 18.2. The third kappa shape index (κ3) is 6.72. The average Bonchev–Trinajstić information content (AvgIpc) is 3.93. The van der Waals surface area contributed by atoms with Gasteiger partial charge in [-0.15, -0.1) is 0 Å². The molecule has 320 valence electrons. The second-order valence-corrected chi connectivity index (χ2v) is 18.2. The van der Waals surface area contributed by atoms with E-state index in [1.165, 1.54) is 5.56 Å². The van der Waals surface area contributed by atoms with Crippen molar-refractivity contribution < 1.29 is 32.6 Å². The van der Waals surface area contributed by atoms with Crippen molar-refractivity contribution in [3.8, 4) is 5.75 Å². The normalized spacial score (nSPS) is 27.6. The lowest BCUT2D eigenvalue weighted by atomic mass is 9.85. The van der Waals surface area contributed by atoms with Crippen LogP contribution >= 0.6 is 0 Å². The summed E-state index contributed by atoms with van der Waals surface area (Å²) in [6, 6.07) is 11.1. The van der Waals surface area contributed by atoms with Crippen LogP contribution in [0, 0.1) is 5.92 Å². The molecule has 4 aromatic rings. The monoisotopic (exact) mass is 835 g/mol. The van der Waals surface area contributed by atoms with Crippen LogP contribution in [0.5, 0.6) is 5.75 Å². The Balaban J connectivity index is 0.703. The number of aromatic amines is 1. The SMILES string of the molecule is C[C@H]1Cc2c([nH]c3ccccc23)[C@H](c2cnc(N3CCC4(CC3)C[C@@H](CN3CCN5c6ccc7c(c6OC[C@@H]5C3)CN([C@@H]3CCC(=O)NC3=O)C7=O)CO4)nc2)N1CC(F)F. The van der Waals surface area contributed by atoms with Gasteiger partial charge in [0.25, 0.3) is 12.3 Å². The van der Waals surface area contributed by atoms with Gasteiger partial charge in [-0.1, -0.05) is 18.2 Å². The van der Waals surface area contributed by atoms with E-state index in [1.54, 1.807) is 4.90 Å². The first-order chi connectivity index (χ1) is 29.6. The van der Waals surface area contributed by atoms with Gasteiger partial charge >= 0.3 is 0 Å². The number of para-hydroxylation sites is 1. The van der Waals surface area contributed by atoms with Crippen molar-refractivity contribution in [2.45, 2.75) is 88.2 Å². The Labute approximate surface area is 352 Å². The number of piperidine rings is 2. The highest BCUT2D eigenvalue weighted by molar-refractivity contribution is 6.06. The minimum atomic E-state index is -2.45. The summed E-state index contributed by atoms with van der Waals surface area (Å²) >= 11 is 0. The van der Waals surface area contributed by atoms with Crippen molar-refractivity contribution in [1.29, 1.82) is 0 Å². The van der Waals surface area contributed by atoms with E-state index in [9.17, 15) is 23.2 Å². The molecule has 2 aromatic carbocycles. The molecule has 0 radical (unpaired) electrons. The number of nitrogens with zero attached hydrogens (tertiary/aromatic N) is 7. The Kier molecular flexibility index (Phi) is 9.53. The number of hydrogen-bond donors (Lipinski definition) is 2. The molecule has 1 spiro atoms. The van der Waals surface area contributed by atoms with Crippen molar-refractivity contribution in [3.05, 3.63) is 76.7 Å².